The molecule has 0 unspecified atom stereocenters. The van der Waals surface area contributed by atoms with Gasteiger partial charge in [0.05, 0.1) is 0 Å². The van der Waals surface area contributed by atoms with Crippen molar-refractivity contribution in [2.75, 3.05) is 33.2 Å². The number of likely N-dealkylation sites (N-methyl/N-ethyl adjacent to an activating group) is 2. The van der Waals surface area contributed by atoms with Crippen molar-refractivity contribution < 1.29 is 0 Å². The number of nitrogens with one attached hydrogen (secondary N) is 1. The van der Waals surface area contributed by atoms with Gasteiger partial charge in [-0.2, -0.15) is 0 Å². The van der Waals surface area contributed by atoms with Crippen LogP contribution in [0, 0.1) is 5.92 Å². The molecule has 0 saturated carbocycles. The molecule has 0 aromatic rings. The van der Waals surface area contributed by atoms with Crippen LogP contribution in [0.15, 0.2) is 12.2 Å². The van der Waals surface area contributed by atoms with E-state index in [1.165, 1.54) is 12.1 Å². The summed E-state index contributed by atoms with van der Waals surface area (Å²) in [5.74, 6) is 0.738. The predicted molar refractivity (Wildman–Crippen MR) is 60.0 cm³/mol. The van der Waals surface area contributed by atoms with Crippen molar-refractivity contribution in [3.8, 4) is 0 Å². The van der Waals surface area contributed by atoms with Crippen molar-refractivity contribution in [2.24, 2.45) is 5.92 Å². The summed E-state index contributed by atoms with van der Waals surface area (Å²) in [6, 6.07) is 0. The maximum Gasteiger partial charge on any atom is 0.0202 e. The van der Waals surface area contributed by atoms with Gasteiger partial charge < -0.3 is 5.32 Å². The molecule has 78 valence electrons. The first-order valence-electron chi connectivity index (χ1n) is 5.13. The molecule has 0 fully saturated rings. The average molecular weight is 184 g/mol. The standard InChI is InChI=1S/C11H24N2/c1-6-13(8-10(2)3)9-11(4)7-12-5/h10,12H,4,6-9H2,1-3,5H3. The molecule has 0 rings (SSSR count). The fraction of sp³-hybridized carbons (Fsp3) is 0.818. The molecule has 0 spiro atoms. The molecule has 0 aromatic carbocycles. The van der Waals surface area contributed by atoms with E-state index in [1.54, 1.807) is 0 Å². The second-order valence-corrected chi connectivity index (χ2v) is 4.00. The maximum absolute atomic E-state index is 4.04. The summed E-state index contributed by atoms with van der Waals surface area (Å²) in [6.45, 7) is 15.0. The van der Waals surface area contributed by atoms with E-state index in [9.17, 15) is 0 Å². The van der Waals surface area contributed by atoms with Gasteiger partial charge in [-0.05, 0) is 25.1 Å². The zero-order chi connectivity index (χ0) is 10.3. The molecule has 0 aliphatic rings. The summed E-state index contributed by atoms with van der Waals surface area (Å²) < 4.78 is 0. The van der Waals surface area contributed by atoms with Crippen LogP contribution in [-0.4, -0.2) is 38.1 Å². The second-order valence-electron chi connectivity index (χ2n) is 4.00. The Morgan fingerprint density at radius 1 is 1.46 bits per heavy atom. The third-order valence-electron chi connectivity index (χ3n) is 1.94. The Balaban J connectivity index is 3.76. The quantitative estimate of drug-likeness (QED) is 0.606. The minimum Gasteiger partial charge on any atom is -0.316 e. The van der Waals surface area contributed by atoms with Crippen LogP contribution >= 0.6 is 0 Å². The highest BCUT2D eigenvalue weighted by atomic mass is 15.1. The first-order chi connectivity index (χ1) is 6.10. The minimum absolute atomic E-state index is 0.738. The fourth-order valence-electron chi connectivity index (χ4n) is 1.44. The third kappa shape index (κ3) is 6.79. The van der Waals surface area contributed by atoms with E-state index in [4.69, 9.17) is 0 Å². The lowest BCUT2D eigenvalue weighted by atomic mass is 10.2. The first-order valence-corrected chi connectivity index (χ1v) is 5.13. The summed E-state index contributed by atoms with van der Waals surface area (Å²) in [4.78, 5) is 2.43. The smallest absolute Gasteiger partial charge is 0.0202 e. The van der Waals surface area contributed by atoms with E-state index in [0.717, 1.165) is 25.6 Å². The zero-order valence-electron chi connectivity index (χ0n) is 9.56. The zero-order valence-corrected chi connectivity index (χ0v) is 9.56. The van der Waals surface area contributed by atoms with E-state index < -0.39 is 0 Å². The first kappa shape index (κ1) is 12.7. The van der Waals surface area contributed by atoms with Crippen LogP contribution < -0.4 is 5.32 Å². The van der Waals surface area contributed by atoms with E-state index >= 15 is 0 Å². The van der Waals surface area contributed by atoms with Crippen molar-refractivity contribution in [2.45, 2.75) is 20.8 Å². The molecule has 0 heterocycles. The molecule has 1 N–H and O–H groups in total. The highest BCUT2D eigenvalue weighted by molar-refractivity contribution is 4.99. The number of rotatable bonds is 7. The van der Waals surface area contributed by atoms with Gasteiger partial charge in [-0.3, -0.25) is 4.90 Å². The number of hydrogen-bond acceptors (Lipinski definition) is 2. The third-order valence-corrected chi connectivity index (χ3v) is 1.94. The fourth-order valence-corrected chi connectivity index (χ4v) is 1.44. The Morgan fingerprint density at radius 3 is 2.46 bits per heavy atom. The molecule has 2 heteroatoms. The Morgan fingerprint density at radius 2 is 2.08 bits per heavy atom. The highest BCUT2D eigenvalue weighted by Crippen LogP contribution is 2.01. The van der Waals surface area contributed by atoms with Gasteiger partial charge >= 0.3 is 0 Å². The molecule has 0 aliphatic heterocycles. The van der Waals surface area contributed by atoms with E-state index in [1.807, 2.05) is 7.05 Å². The van der Waals surface area contributed by atoms with Crippen LogP contribution in [0.3, 0.4) is 0 Å². The molecule has 0 radical (unpaired) electrons. The van der Waals surface area contributed by atoms with Crippen molar-refractivity contribution in [1.82, 2.24) is 10.2 Å². The van der Waals surface area contributed by atoms with Crippen molar-refractivity contribution in [3.63, 3.8) is 0 Å². The van der Waals surface area contributed by atoms with Gasteiger partial charge in [-0.25, -0.2) is 0 Å². The molecule has 0 atom stereocenters. The average Bonchev–Trinajstić information content (AvgIpc) is 2.02. The lowest BCUT2D eigenvalue weighted by Crippen LogP contribution is -2.31. The van der Waals surface area contributed by atoms with E-state index in [2.05, 4.69) is 37.6 Å². The SMILES string of the molecule is C=C(CNC)CN(CC)CC(C)C. The maximum atomic E-state index is 4.04. The Bertz CT molecular complexity index is 141. The molecule has 0 aromatic heterocycles. The Labute approximate surface area is 83.0 Å². The molecule has 0 aliphatic carbocycles. The molecule has 0 amide bonds. The van der Waals surface area contributed by atoms with Gasteiger partial charge in [0.1, 0.15) is 0 Å². The topological polar surface area (TPSA) is 15.3 Å². The highest BCUT2D eigenvalue weighted by Gasteiger charge is 2.05. The summed E-state index contributed by atoms with van der Waals surface area (Å²) in [5, 5.41) is 3.12. The summed E-state index contributed by atoms with van der Waals surface area (Å²) in [7, 11) is 1.96. The van der Waals surface area contributed by atoms with Gasteiger partial charge in [0.25, 0.3) is 0 Å². The van der Waals surface area contributed by atoms with Crippen molar-refractivity contribution in [1.29, 1.82) is 0 Å². The van der Waals surface area contributed by atoms with Crippen LogP contribution in [0.5, 0.6) is 0 Å². The predicted octanol–water partition coefficient (Wildman–Crippen LogP) is 1.74. The van der Waals surface area contributed by atoms with Crippen molar-refractivity contribution >= 4 is 0 Å². The lowest BCUT2D eigenvalue weighted by Gasteiger charge is -2.23. The Kier molecular flexibility index (Phi) is 6.92. The van der Waals surface area contributed by atoms with Gasteiger partial charge in [-0.1, -0.05) is 27.4 Å². The molecular formula is C11H24N2. The number of nitrogens with zero attached hydrogens (tertiary/aromatic N) is 1. The monoisotopic (exact) mass is 184 g/mol. The largest absolute Gasteiger partial charge is 0.316 e. The van der Waals surface area contributed by atoms with Gasteiger partial charge in [0.2, 0.25) is 0 Å². The Hall–Kier alpha value is -0.340. The van der Waals surface area contributed by atoms with E-state index in [-0.39, 0.29) is 0 Å². The van der Waals surface area contributed by atoms with Crippen LogP contribution in [0.1, 0.15) is 20.8 Å². The van der Waals surface area contributed by atoms with E-state index in [0.29, 0.717) is 0 Å². The molecule has 0 saturated heterocycles. The van der Waals surface area contributed by atoms with Crippen molar-refractivity contribution in [3.05, 3.63) is 12.2 Å². The van der Waals surface area contributed by atoms with Crippen LogP contribution in [-0.2, 0) is 0 Å². The summed E-state index contributed by atoms with van der Waals surface area (Å²) in [5.41, 5.74) is 1.27. The van der Waals surface area contributed by atoms with Gasteiger partial charge in [0, 0.05) is 19.6 Å². The molecule has 13 heavy (non-hydrogen) atoms. The lowest BCUT2D eigenvalue weighted by molar-refractivity contribution is 0.275. The van der Waals surface area contributed by atoms with Crippen LogP contribution in [0.4, 0.5) is 0 Å². The number of hydrogen-bond donors (Lipinski definition) is 1. The van der Waals surface area contributed by atoms with Crippen LogP contribution in [0.25, 0.3) is 0 Å². The summed E-state index contributed by atoms with van der Waals surface area (Å²) in [6.07, 6.45) is 0. The minimum atomic E-state index is 0.738. The van der Waals surface area contributed by atoms with Gasteiger partial charge in [0.15, 0.2) is 0 Å². The summed E-state index contributed by atoms with van der Waals surface area (Å²) >= 11 is 0. The van der Waals surface area contributed by atoms with Crippen LogP contribution in [0.2, 0.25) is 0 Å². The molecular weight excluding hydrogens is 160 g/mol. The normalized spacial score (nSPS) is 11.2. The van der Waals surface area contributed by atoms with Gasteiger partial charge in [-0.15, -0.1) is 0 Å². The molecule has 2 nitrogen and oxygen atoms in total. The second kappa shape index (κ2) is 7.10. The molecule has 0 bridgehead atoms.